The quantitative estimate of drug-likeness (QED) is 0.638. The Balaban J connectivity index is 2.30. The smallest absolute Gasteiger partial charge is 0.285 e. The fourth-order valence-corrected chi connectivity index (χ4v) is 2.97. The van der Waals surface area contributed by atoms with E-state index in [1.807, 2.05) is 41.8 Å². The average Bonchev–Trinajstić information content (AvgIpc) is 2.86. The fourth-order valence-electron chi connectivity index (χ4n) is 1.45. The van der Waals surface area contributed by atoms with Gasteiger partial charge >= 0.3 is 0 Å². The van der Waals surface area contributed by atoms with E-state index >= 15 is 0 Å². The maximum absolute atomic E-state index is 12.5. The Kier molecular flexibility index (Phi) is 5.03. The topological polar surface area (TPSA) is 44.4 Å². The van der Waals surface area contributed by atoms with Gasteiger partial charge in [0.2, 0.25) is 0 Å². The van der Waals surface area contributed by atoms with Gasteiger partial charge in [0.05, 0.1) is 11.2 Å². The van der Waals surface area contributed by atoms with Crippen LogP contribution in [0.15, 0.2) is 46.3 Å². The zero-order valence-corrected chi connectivity index (χ0v) is 12.9. The Labute approximate surface area is 128 Å². The van der Waals surface area contributed by atoms with Crippen molar-refractivity contribution in [2.75, 3.05) is 5.01 Å². The Morgan fingerprint density at radius 1 is 1.32 bits per heavy atom. The van der Waals surface area contributed by atoms with E-state index in [0.717, 1.165) is 10.2 Å². The van der Waals surface area contributed by atoms with E-state index in [1.165, 1.54) is 21.8 Å². The Bertz CT molecular complexity index is 573. The molecule has 0 aliphatic carbocycles. The number of carbonyl (C=O) groups excluding carboxylic acids is 1. The maximum atomic E-state index is 12.5. The van der Waals surface area contributed by atoms with Crippen LogP contribution in [-0.4, -0.2) is 11.4 Å². The van der Waals surface area contributed by atoms with Crippen molar-refractivity contribution in [2.45, 2.75) is 0 Å². The van der Waals surface area contributed by atoms with Gasteiger partial charge in [-0.1, -0.05) is 30.4 Å². The number of rotatable bonds is 5. The molecular formula is C12H10BrN3OS2. The van der Waals surface area contributed by atoms with Crippen LogP contribution in [0.25, 0.3) is 0 Å². The van der Waals surface area contributed by atoms with Crippen molar-refractivity contribution in [2.24, 2.45) is 0 Å². The highest BCUT2D eigenvalue weighted by molar-refractivity contribution is 9.10. The molecule has 0 saturated carbocycles. The second-order valence-electron chi connectivity index (χ2n) is 3.45. The fraction of sp³-hybridized carbons (Fsp3) is 0. The van der Waals surface area contributed by atoms with Crippen LogP contribution in [0.4, 0.5) is 5.69 Å². The SMILES string of the molecule is O=C(c1sccc1Br)N(NNC=S)c1ccccc1. The largest absolute Gasteiger partial charge is 0.300 e. The molecule has 0 bridgehead atoms. The van der Waals surface area contributed by atoms with Crippen LogP contribution in [0.2, 0.25) is 0 Å². The lowest BCUT2D eigenvalue weighted by Crippen LogP contribution is -2.49. The molecule has 0 spiro atoms. The Hall–Kier alpha value is -1.28. The highest BCUT2D eigenvalue weighted by Gasteiger charge is 2.20. The molecule has 1 aromatic carbocycles. The number of para-hydroxylation sites is 1. The van der Waals surface area contributed by atoms with Crippen LogP contribution in [0.5, 0.6) is 0 Å². The summed E-state index contributed by atoms with van der Waals surface area (Å²) in [6.07, 6.45) is 0. The first-order valence-corrected chi connectivity index (χ1v) is 7.45. The van der Waals surface area contributed by atoms with E-state index in [0.29, 0.717) is 4.88 Å². The third kappa shape index (κ3) is 3.38. The minimum Gasteiger partial charge on any atom is -0.300 e. The van der Waals surface area contributed by atoms with Gasteiger partial charge in [0.25, 0.3) is 5.91 Å². The number of carbonyl (C=O) groups is 1. The summed E-state index contributed by atoms with van der Waals surface area (Å²) in [6, 6.07) is 11.1. The van der Waals surface area contributed by atoms with Gasteiger partial charge in [-0.25, -0.2) is 5.01 Å². The van der Waals surface area contributed by atoms with E-state index in [-0.39, 0.29) is 5.91 Å². The number of hydrogen-bond donors (Lipinski definition) is 2. The van der Waals surface area contributed by atoms with Crippen molar-refractivity contribution in [1.29, 1.82) is 0 Å². The normalized spacial score (nSPS) is 9.95. The third-order valence-corrected chi connectivity index (χ3v) is 4.21. The van der Waals surface area contributed by atoms with Crippen LogP contribution in [0.1, 0.15) is 9.67 Å². The van der Waals surface area contributed by atoms with Gasteiger partial charge < -0.3 is 0 Å². The first-order valence-electron chi connectivity index (χ1n) is 5.31. The van der Waals surface area contributed by atoms with Crippen molar-refractivity contribution >= 4 is 56.6 Å². The predicted molar refractivity (Wildman–Crippen MR) is 85.2 cm³/mol. The number of nitrogens with one attached hydrogen (secondary N) is 2. The van der Waals surface area contributed by atoms with Gasteiger partial charge in [-0.2, -0.15) is 0 Å². The van der Waals surface area contributed by atoms with Crippen LogP contribution < -0.4 is 16.0 Å². The maximum Gasteiger partial charge on any atom is 0.285 e. The van der Waals surface area contributed by atoms with Crippen molar-refractivity contribution in [1.82, 2.24) is 11.0 Å². The zero-order chi connectivity index (χ0) is 13.7. The molecule has 0 unspecified atom stereocenters. The van der Waals surface area contributed by atoms with Crippen molar-refractivity contribution < 1.29 is 4.79 Å². The lowest BCUT2D eigenvalue weighted by Gasteiger charge is -2.22. The van der Waals surface area contributed by atoms with E-state index in [4.69, 9.17) is 0 Å². The Morgan fingerprint density at radius 3 is 2.63 bits per heavy atom. The second-order valence-corrected chi connectivity index (χ2v) is 5.45. The standard InChI is InChI=1S/C12H10BrN3OS2/c13-10-6-7-19-11(10)12(17)16(15-14-8-18)9-4-2-1-3-5-9/h1-8,15H,(H,14,18). The highest BCUT2D eigenvalue weighted by Crippen LogP contribution is 2.25. The number of thiocarbonyl (C=S) groups is 1. The summed E-state index contributed by atoms with van der Waals surface area (Å²) in [4.78, 5) is 13.1. The molecule has 7 heteroatoms. The lowest BCUT2D eigenvalue weighted by molar-refractivity contribution is 0.0975. The van der Waals surface area contributed by atoms with Crippen molar-refractivity contribution in [3.63, 3.8) is 0 Å². The first kappa shape index (κ1) is 14.1. The molecule has 0 atom stereocenters. The molecule has 0 radical (unpaired) electrons. The Morgan fingerprint density at radius 2 is 2.05 bits per heavy atom. The van der Waals surface area contributed by atoms with Crippen LogP contribution in [-0.2, 0) is 0 Å². The molecule has 4 nitrogen and oxygen atoms in total. The van der Waals surface area contributed by atoms with Crippen molar-refractivity contribution in [3.8, 4) is 0 Å². The molecule has 1 aromatic heterocycles. The summed E-state index contributed by atoms with van der Waals surface area (Å²) in [5.74, 6) is -0.169. The summed E-state index contributed by atoms with van der Waals surface area (Å²) in [6.45, 7) is 0. The summed E-state index contributed by atoms with van der Waals surface area (Å²) in [7, 11) is 0. The number of halogens is 1. The summed E-state index contributed by atoms with van der Waals surface area (Å²) >= 11 is 9.42. The van der Waals surface area contributed by atoms with E-state index in [1.54, 1.807) is 0 Å². The number of nitrogens with zero attached hydrogens (tertiary/aromatic N) is 1. The number of hydrazine groups is 2. The molecule has 2 aromatic rings. The van der Waals surface area contributed by atoms with Crippen LogP contribution >= 0.6 is 39.5 Å². The van der Waals surface area contributed by atoms with Crippen LogP contribution in [0, 0.1) is 0 Å². The second kappa shape index (κ2) is 6.76. The minimum atomic E-state index is -0.169. The van der Waals surface area contributed by atoms with Gasteiger partial charge in [-0.3, -0.25) is 10.2 Å². The summed E-state index contributed by atoms with van der Waals surface area (Å²) in [5, 5.41) is 3.26. The lowest BCUT2D eigenvalue weighted by atomic mass is 10.3. The average molecular weight is 356 g/mol. The number of benzene rings is 1. The van der Waals surface area contributed by atoms with Gasteiger partial charge in [0.1, 0.15) is 4.88 Å². The van der Waals surface area contributed by atoms with E-state index in [2.05, 4.69) is 39.1 Å². The third-order valence-electron chi connectivity index (χ3n) is 2.26. The molecular weight excluding hydrogens is 346 g/mol. The molecule has 2 N–H and O–H groups in total. The van der Waals surface area contributed by atoms with Gasteiger partial charge in [-0.15, -0.1) is 16.9 Å². The molecule has 0 fully saturated rings. The molecule has 0 aliphatic rings. The van der Waals surface area contributed by atoms with Gasteiger partial charge in [0, 0.05) is 4.47 Å². The number of anilines is 1. The van der Waals surface area contributed by atoms with E-state index < -0.39 is 0 Å². The number of thiophene rings is 1. The molecule has 0 saturated heterocycles. The zero-order valence-electron chi connectivity index (χ0n) is 9.67. The van der Waals surface area contributed by atoms with Gasteiger partial charge in [0.15, 0.2) is 0 Å². The molecule has 98 valence electrons. The van der Waals surface area contributed by atoms with Crippen molar-refractivity contribution in [3.05, 3.63) is 51.1 Å². The highest BCUT2D eigenvalue weighted by atomic mass is 79.9. The molecule has 0 aliphatic heterocycles. The first-order chi connectivity index (χ1) is 9.24. The minimum absolute atomic E-state index is 0.169. The monoisotopic (exact) mass is 355 g/mol. The van der Waals surface area contributed by atoms with Gasteiger partial charge in [-0.05, 0) is 39.5 Å². The molecule has 2 rings (SSSR count). The number of hydrogen-bond acceptors (Lipinski definition) is 4. The molecule has 19 heavy (non-hydrogen) atoms. The summed E-state index contributed by atoms with van der Waals surface area (Å²) in [5.41, 5.74) is 7.42. The number of amides is 1. The summed E-state index contributed by atoms with van der Waals surface area (Å²) < 4.78 is 0.771. The predicted octanol–water partition coefficient (Wildman–Crippen LogP) is 3.12. The van der Waals surface area contributed by atoms with E-state index in [9.17, 15) is 4.79 Å². The van der Waals surface area contributed by atoms with Crippen LogP contribution in [0.3, 0.4) is 0 Å². The molecule has 1 amide bonds. The molecule has 1 heterocycles.